The second-order valence-electron chi connectivity index (χ2n) is 4.06. The molecular weight excluding hydrogens is 291 g/mol. The van der Waals surface area contributed by atoms with E-state index in [-0.39, 0.29) is 12.1 Å². The Kier molecular flexibility index (Phi) is 4.29. The topological polar surface area (TPSA) is 29.1 Å². The summed E-state index contributed by atoms with van der Waals surface area (Å²) in [5.74, 6) is -5.10. The number of hydrogen-bond donors (Lipinski definition) is 1. The maximum Gasteiger partial charge on any atom is 0.251 e. The Morgan fingerprint density at radius 2 is 1.60 bits per heavy atom. The van der Waals surface area contributed by atoms with Crippen LogP contribution in [0.4, 0.5) is 13.2 Å². The molecular formula is C14H9ClF3NO. The number of rotatable bonds is 3. The molecule has 0 bridgehead atoms. The summed E-state index contributed by atoms with van der Waals surface area (Å²) in [4.78, 5) is 11.7. The SMILES string of the molecule is O=C(NCc1ccc(Cl)cc1)c1cc(F)c(F)c(F)c1. The number of halogens is 4. The van der Waals surface area contributed by atoms with Gasteiger partial charge in [-0.2, -0.15) is 0 Å². The molecule has 0 saturated heterocycles. The van der Waals surface area contributed by atoms with Crippen molar-refractivity contribution < 1.29 is 18.0 Å². The summed E-state index contributed by atoms with van der Waals surface area (Å²) in [6.45, 7) is 0.163. The molecule has 6 heteroatoms. The van der Waals surface area contributed by atoms with Crippen LogP contribution in [0.25, 0.3) is 0 Å². The molecule has 2 aromatic carbocycles. The smallest absolute Gasteiger partial charge is 0.251 e. The van der Waals surface area contributed by atoms with Gasteiger partial charge in [-0.3, -0.25) is 4.79 Å². The molecule has 0 saturated carbocycles. The molecule has 104 valence electrons. The van der Waals surface area contributed by atoms with Gasteiger partial charge in [0.25, 0.3) is 5.91 Å². The predicted molar refractivity (Wildman–Crippen MR) is 68.9 cm³/mol. The maximum atomic E-state index is 13.0. The number of nitrogens with one attached hydrogen (secondary N) is 1. The standard InChI is InChI=1S/C14H9ClF3NO/c15-10-3-1-8(2-4-10)7-19-14(20)9-5-11(16)13(18)12(17)6-9/h1-6H,7H2,(H,19,20). The highest BCUT2D eigenvalue weighted by molar-refractivity contribution is 6.30. The molecule has 0 fully saturated rings. The van der Waals surface area contributed by atoms with Crippen LogP contribution in [0.2, 0.25) is 5.02 Å². The molecule has 20 heavy (non-hydrogen) atoms. The third-order valence-electron chi connectivity index (χ3n) is 2.61. The van der Waals surface area contributed by atoms with Crippen LogP contribution in [-0.2, 0) is 6.54 Å². The fourth-order valence-corrected chi connectivity index (χ4v) is 1.70. The zero-order valence-corrected chi connectivity index (χ0v) is 10.8. The second-order valence-corrected chi connectivity index (χ2v) is 4.50. The van der Waals surface area contributed by atoms with E-state index in [9.17, 15) is 18.0 Å². The summed E-state index contributed by atoms with van der Waals surface area (Å²) in [7, 11) is 0. The van der Waals surface area contributed by atoms with E-state index in [0.717, 1.165) is 5.56 Å². The van der Waals surface area contributed by atoms with Gasteiger partial charge in [0, 0.05) is 17.1 Å². The molecule has 2 rings (SSSR count). The number of carbonyl (C=O) groups excluding carboxylic acids is 1. The first-order valence-electron chi connectivity index (χ1n) is 5.64. The van der Waals surface area contributed by atoms with Crippen LogP contribution < -0.4 is 5.32 Å². The molecule has 2 nitrogen and oxygen atoms in total. The summed E-state index contributed by atoms with van der Waals surface area (Å²) in [5, 5.41) is 3.03. The van der Waals surface area contributed by atoms with E-state index in [1.807, 2.05) is 0 Å². The monoisotopic (exact) mass is 299 g/mol. The molecule has 1 N–H and O–H groups in total. The Morgan fingerprint density at radius 1 is 1.05 bits per heavy atom. The van der Waals surface area contributed by atoms with Gasteiger partial charge >= 0.3 is 0 Å². The Bertz CT molecular complexity index is 620. The van der Waals surface area contributed by atoms with E-state index in [4.69, 9.17) is 11.6 Å². The van der Waals surface area contributed by atoms with Crippen molar-refractivity contribution in [2.45, 2.75) is 6.54 Å². The molecule has 0 spiro atoms. The number of benzene rings is 2. The second kappa shape index (κ2) is 5.96. The third-order valence-corrected chi connectivity index (χ3v) is 2.86. The quantitative estimate of drug-likeness (QED) is 0.861. The Hall–Kier alpha value is -2.01. The highest BCUT2D eigenvalue weighted by Crippen LogP contribution is 2.14. The first-order valence-corrected chi connectivity index (χ1v) is 6.02. The van der Waals surface area contributed by atoms with Crippen molar-refractivity contribution in [3.8, 4) is 0 Å². The van der Waals surface area contributed by atoms with Crippen LogP contribution in [0.5, 0.6) is 0 Å². The Balaban J connectivity index is 2.07. The largest absolute Gasteiger partial charge is 0.348 e. The molecule has 1 amide bonds. The lowest BCUT2D eigenvalue weighted by atomic mass is 10.1. The lowest BCUT2D eigenvalue weighted by Crippen LogP contribution is -2.23. The number of carbonyl (C=O) groups is 1. The van der Waals surface area contributed by atoms with Gasteiger partial charge in [-0.1, -0.05) is 23.7 Å². The van der Waals surface area contributed by atoms with Crippen molar-refractivity contribution in [1.29, 1.82) is 0 Å². The molecule has 0 aliphatic rings. The van der Waals surface area contributed by atoms with Crippen molar-refractivity contribution in [2.24, 2.45) is 0 Å². The van der Waals surface area contributed by atoms with Gasteiger partial charge in [0.05, 0.1) is 0 Å². The molecule has 0 aliphatic carbocycles. The maximum absolute atomic E-state index is 13.0. The van der Waals surface area contributed by atoms with E-state index >= 15 is 0 Å². The van der Waals surface area contributed by atoms with Gasteiger partial charge < -0.3 is 5.32 Å². The minimum Gasteiger partial charge on any atom is -0.348 e. The van der Waals surface area contributed by atoms with E-state index in [1.165, 1.54) is 0 Å². The first kappa shape index (κ1) is 14.4. The van der Waals surface area contributed by atoms with Crippen LogP contribution in [-0.4, -0.2) is 5.91 Å². The van der Waals surface area contributed by atoms with Gasteiger partial charge in [0.2, 0.25) is 0 Å². The average molecular weight is 300 g/mol. The Labute approximate surface area is 118 Å². The summed E-state index contributed by atoms with van der Waals surface area (Å²) < 4.78 is 38.8. The van der Waals surface area contributed by atoms with Crippen molar-refractivity contribution in [1.82, 2.24) is 5.32 Å². The van der Waals surface area contributed by atoms with Crippen molar-refractivity contribution in [2.75, 3.05) is 0 Å². The molecule has 0 aromatic heterocycles. The van der Waals surface area contributed by atoms with Crippen LogP contribution in [0.3, 0.4) is 0 Å². The van der Waals surface area contributed by atoms with Crippen molar-refractivity contribution >= 4 is 17.5 Å². The van der Waals surface area contributed by atoms with Gasteiger partial charge in [-0.05, 0) is 29.8 Å². The zero-order valence-electron chi connectivity index (χ0n) is 10.1. The fourth-order valence-electron chi connectivity index (χ4n) is 1.57. The minimum absolute atomic E-state index is 0.163. The fraction of sp³-hybridized carbons (Fsp3) is 0.0714. The van der Waals surface area contributed by atoms with E-state index in [1.54, 1.807) is 24.3 Å². The minimum atomic E-state index is -1.60. The molecule has 0 radical (unpaired) electrons. The molecule has 0 unspecified atom stereocenters. The summed E-state index contributed by atoms with van der Waals surface area (Å²) >= 11 is 5.71. The number of hydrogen-bond acceptors (Lipinski definition) is 1. The highest BCUT2D eigenvalue weighted by atomic mass is 35.5. The molecule has 2 aromatic rings. The number of amides is 1. The van der Waals surface area contributed by atoms with Crippen LogP contribution in [0, 0.1) is 17.5 Å². The molecule has 0 heterocycles. The van der Waals surface area contributed by atoms with E-state index < -0.39 is 23.4 Å². The average Bonchev–Trinajstić information content (AvgIpc) is 2.43. The van der Waals surface area contributed by atoms with Gasteiger partial charge in [-0.15, -0.1) is 0 Å². The van der Waals surface area contributed by atoms with Crippen LogP contribution in [0.1, 0.15) is 15.9 Å². The Morgan fingerprint density at radius 3 is 2.15 bits per heavy atom. The summed E-state index contributed by atoms with van der Waals surface area (Å²) in [5.41, 5.74) is 0.487. The third kappa shape index (κ3) is 3.30. The van der Waals surface area contributed by atoms with Crippen molar-refractivity contribution in [3.63, 3.8) is 0 Å². The zero-order chi connectivity index (χ0) is 14.7. The summed E-state index contributed by atoms with van der Waals surface area (Å²) in [6, 6.07) is 8.01. The van der Waals surface area contributed by atoms with Gasteiger partial charge in [-0.25, -0.2) is 13.2 Å². The summed E-state index contributed by atoms with van der Waals surface area (Å²) in [6.07, 6.45) is 0. The lowest BCUT2D eigenvalue weighted by molar-refractivity contribution is 0.0949. The normalized spacial score (nSPS) is 10.4. The van der Waals surface area contributed by atoms with E-state index in [0.29, 0.717) is 17.2 Å². The highest BCUT2D eigenvalue weighted by Gasteiger charge is 2.14. The first-order chi connectivity index (χ1) is 9.47. The molecule has 0 aliphatic heterocycles. The van der Waals surface area contributed by atoms with Crippen LogP contribution >= 0.6 is 11.6 Å². The van der Waals surface area contributed by atoms with Crippen molar-refractivity contribution in [3.05, 3.63) is 70.0 Å². The van der Waals surface area contributed by atoms with Crippen LogP contribution in [0.15, 0.2) is 36.4 Å². The van der Waals surface area contributed by atoms with Gasteiger partial charge in [0.1, 0.15) is 0 Å². The predicted octanol–water partition coefficient (Wildman–Crippen LogP) is 3.69. The van der Waals surface area contributed by atoms with Gasteiger partial charge in [0.15, 0.2) is 17.5 Å². The van der Waals surface area contributed by atoms with E-state index in [2.05, 4.69) is 5.32 Å². The lowest BCUT2D eigenvalue weighted by Gasteiger charge is -2.06. The molecule has 0 atom stereocenters.